The van der Waals surface area contributed by atoms with Gasteiger partial charge in [-0.3, -0.25) is 10.1 Å². The first-order valence-electron chi connectivity index (χ1n) is 5.92. The summed E-state index contributed by atoms with van der Waals surface area (Å²) in [6.07, 6.45) is 1.31. The van der Waals surface area contributed by atoms with E-state index in [4.69, 9.17) is 5.26 Å². The van der Waals surface area contributed by atoms with Crippen LogP contribution in [0.4, 0.5) is 5.69 Å². The van der Waals surface area contributed by atoms with E-state index in [-0.39, 0.29) is 16.7 Å². The van der Waals surface area contributed by atoms with Gasteiger partial charge in [-0.2, -0.15) is 5.26 Å². The van der Waals surface area contributed by atoms with E-state index < -0.39 is 0 Å². The van der Waals surface area contributed by atoms with Gasteiger partial charge in [0.1, 0.15) is 0 Å². The number of benzene rings is 1. The summed E-state index contributed by atoms with van der Waals surface area (Å²) in [6.45, 7) is 4.27. The Bertz CT molecular complexity index is 466. The third-order valence-corrected chi connectivity index (χ3v) is 2.90. The molecule has 0 bridgehead atoms. The molecule has 0 amide bonds. The number of rotatable bonds is 6. The first kappa shape index (κ1) is 14.1. The molecule has 0 saturated heterocycles. The van der Waals surface area contributed by atoms with E-state index in [2.05, 4.69) is 11.4 Å². The molecule has 0 saturated carbocycles. The molecule has 0 aromatic heterocycles. The van der Waals surface area contributed by atoms with Crippen LogP contribution < -0.4 is 5.32 Å². The van der Waals surface area contributed by atoms with E-state index in [0.29, 0.717) is 18.5 Å². The fourth-order valence-corrected chi connectivity index (χ4v) is 1.69. The summed E-state index contributed by atoms with van der Waals surface area (Å²) >= 11 is 0. The summed E-state index contributed by atoms with van der Waals surface area (Å²) in [5, 5.41) is 22.7. The molecule has 0 aliphatic rings. The first-order chi connectivity index (χ1) is 8.58. The SMILES string of the molecule is CCC(CC#N)NCc1ccc(C)c([N+](=O)[O-])c1. The monoisotopic (exact) mass is 247 g/mol. The Morgan fingerprint density at radius 3 is 2.83 bits per heavy atom. The second-order valence-corrected chi connectivity index (χ2v) is 4.23. The van der Waals surface area contributed by atoms with Crippen LogP contribution >= 0.6 is 0 Å². The highest BCUT2D eigenvalue weighted by Gasteiger charge is 2.11. The molecule has 0 aliphatic carbocycles. The average molecular weight is 247 g/mol. The standard InChI is InChI=1S/C13H17N3O2/c1-3-12(6-7-14)15-9-11-5-4-10(2)13(8-11)16(17)18/h4-5,8,12,15H,3,6,9H2,1-2H3. The molecule has 0 spiro atoms. The maximum atomic E-state index is 10.8. The van der Waals surface area contributed by atoms with Gasteiger partial charge in [0.05, 0.1) is 17.4 Å². The molecule has 0 heterocycles. The molecule has 1 rings (SSSR count). The minimum absolute atomic E-state index is 0.135. The molecule has 1 N–H and O–H groups in total. The molecule has 5 heteroatoms. The van der Waals surface area contributed by atoms with Crippen molar-refractivity contribution in [3.05, 3.63) is 39.4 Å². The van der Waals surface area contributed by atoms with Crippen LogP contribution in [0.2, 0.25) is 0 Å². The number of nitro benzene ring substituents is 1. The zero-order chi connectivity index (χ0) is 13.5. The third kappa shape index (κ3) is 3.82. The molecule has 1 aromatic rings. The predicted octanol–water partition coefficient (Wildman–Crippen LogP) is 2.69. The number of aryl methyl sites for hydroxylation is 1. The molecule has 0 radical (unpaired) electrons. The lowest BCUT2D eigenvalue weighted by Crippen LogP contribution is -2.27. The molecule has 1 aromatic carbocycles. The predicted molar refractivity (Wildman–Crippen MR) is 69.0 cm³/mol. The molecule has 18 heavy (non-hydrogen) atoms. The highest BCUT2D eigenvalue weighted by molar-refractivity contribution is 5.42. The maximum absolute atomic E-state index is 10.8. The average Bonchev–Trinajstić information content (AvgIpc) is 2.35. The molecule has 0 aliphatic heterocycles. The van der Waals surface area contributed by atoms with E-state index in [1.54, 1.807) is 19.1 Å². The number of nitrogens with one attached hydrogen (secondary N) is 1. The van der Waals surface area contributed by atoms with Crippen LogP contribution in [-0.4, -0.2) is 11.0 Å². The second kappa shape index (κ2) is 6.72. The lowest BCUT2D eigenvalue weighted by Gasteiger charge is -2.13. The summed E-state index contributed by atoms with van der Waals surface area (Å²) in [5.74, 6) is 0. The normalized spacial score (nSPS) is 11.8. The largest absolute Gasteiger partial charge is 0.309 e. The van der Waals surface area contributed by atoms with Gasteiger partial charge in [-0.15, -0.1) is 0 Å². The number of nitriles is 1. The Kier molecular flexibility index (Phi) is 5.28. The van der Waals surface area contributed by atoms with Crippen molar-refractivity contribution < 1.29 is 4.92 Å². The highest BCUT2D eigenvalue weighted by atomic mass is 16.6. The van der Waals surface area contributed by atoms with Crippen LogP contribution in [0, 0.1) is 28.4 Å². The van der Waals surface area contributed by atoms with Crippen LogP contribution in [-0.2, 0) is 6.54 Å². The van der Waals surface area contributed by atoms with Crippen molar-refractivity contribution in [3.8, 4) is 6.07 Å². The molecule has 0 fully saturated rings. The van der Waals surface area contributed by atoms with Crippen LogP contribution in [0.5, 0.6) is 0 Å². The Balaban J connectivity index is 2.71. The summed E-state index contributed by atoms with van der Waals surface area (Å²) in [7, 11) is 0. The smallest absolute Gasteiger partial charge is 0.272 e. The van der Waals surface area contributed by atoms with Crippen molar-refractivity contribution in [1.82, 2.24) is 5.32 Å². The van der Waals surface area contributed by atoms with Gasteiger partial charge in [-0.1, -0.05) is 19.1 Å². The van der Waals surface area contributed by atoms with Crippen molar-refractivity contribution in [2.24, 2.45) is 0 Å². The van der Waals surface area contributed by atoms with Crippen molar-refractivity contribution in [1.29, 1.82) is 5.26 Å². The minimum Gasteiger partial charge on any atom is -0.309 e. The molecular weight excluding hydrogens is 230 g/mol. The summed E-state index contributed by atoms with van der Waals surface area (Å²) in [4.78, 5) is 10.4. The van der Waals surface area contributed by atoms with Gasteiger partial charge in [0.25, 0.3) is 5.69 Å². The Hall–Kier alpha value is -1.93. The van der Waals surface area contributed by atoms with Gasteiger partial charge in [0.2, 0.25) is 0 Å². The molecular formula is C13H17N3O2. The van der Waals surface area contributed by atoms with Crippen LogP contribution in [0.15, 0.2) is 18.2 Å². The summed E-state index contributed by atoms with van der Waals surface area (Å²) in [6, 6.07) is 7.46. The lowest BCUT2D eigenvalue weighted by molar-refractivity contribution is -0.385. The Morgan fingerprint density at radius 2 is 2.28 bits per heavy atom. The van der Waals surface area contributed by atoms with Crippen LogP contribution in [0.1, 0.15) is 30.9 Å². The Morgan fingerprint density at radius 1 is 1.56 bits per heavy atom. The van der Waals surface area contributed by atoms with Gasteiger partial charge < -0.3 is 5.32 Å². The molecule has 5 nitrogen and oxygen atoms in total. The zero-order valence-electron chi connectivity index (χ0n) is 10.6. The van der Waals surface area contributed by atoms with E-state index in [1.165, 1.54) is 0 Å². The van der Waals surface area contributed by atoms with Gasteiger partial charge in [-0.05, 0) is 18.9 Å². The first-order valence-corrected chi connectivity index (χ1v) is 5.92. The number of nitro groups is 1. The fourth-order valence-electron chi connectivity index (χ4n) is 1.69. The zero-order valence-corrected chi connectivity index (χ0v) is 10.6. The lowest BCUT2D eigenvalue weighted by atomic mass is 10.1. The Labute approximate surface area is 107 Å². The summed E-state index contributed by atoms with van der Waals surface area (Å²) < 4.78 is 0. The van der Waals surface area contributed by atoms with Gasteiger partial charge in [0.15, 0.2) is 0 Å². The highest BCUT2D eigenvalue weighted by Crippen LogP contribution is 2.19. The second-order valence-electron chi connectivity index (χ2n) is 4.23. The van der Waals surface area contributed by atoms with Gasteiger partial charge in [-0.25, -0.2) is 0 Å². The number of hydrogen-bond donors (Lipinski definition) is 1. The molecule has 1 atom stereocenters. The van der Waals surface area contributed by atoms with E-state index in [9.17, 15) is 10.1 Å². The van der Waals surface area contributed by atoms with E-state index in [1.807, 2.05) is 13.0 Å². The fraction of sp³-hybridized carbons (Fsp3) is 0.462. The van der Waals surface area contributed by atoms with Crippen molar-refractivity contribution >= 4 is 5.69 Å². The summed E-state index contributed by atoms with van der Waals surface area (Å²) in [5.41, 5.74) is 1.67. The third-order valence-electron chi connectivity index (χ3n) is 2.90. The molecule has 96 valence electrons. The topological polar surface area (TPSA) is 79.0 Å². The molecule has 1 unspecified atom stereocenters. The number of hydrogen-bond acceptors (Lipinski definition) is 4. The van der Waals surface area contributed by atoms with Crippen molar-refractivity contribution in [3.63, 3.8) is 0 Å². The minimum atomic E-state index is -0.370. The number of nitrogens with zero attached hydrogens (tertiary/aromatic N) is 2. The maximum Gasteiger partial charge on any atom is 0.272 e. The van der Waals surface area contributed by atoms with Crippen LogP contribution in [0.3, 0.4) is 0 Å². The van der Waals surface area contributed by atoms with E-state index >= 15 is 0 Å². The van der Waals surface area contributed by atoms with Crippen molar-refractivity contribution in [2.45, 2.75) is 39.3 Å². The van der Waals surface area contributed by atoms with Gasteiger partial charge >= 0.3 is 0 Å². The van der Waals surface area contributed by atoms with E-state index in [0.717, 1.165) is 12.0 Å². The quantitative estimate of drug-likeness (QED) is 0.619. The van der Waals surface area contributed by atoms with Gasteiger partial charge in [0, 0.05) is 24.2 Å². The van der Waals surface area contributed by atoms with Crippen molar-refractivity contribution in [2.75, 3.05) is 0 Å². The van der Waals surface area contributed by atoms with Crippen LogP contribution in [0.25, 0.3) is 0 Å².